The van der Waals surface area contributed by atoms with Gasteiger partial charge in [0.05, 0.1) is 11.7 Å². The molecule has 0 saturated heterocycles. The summed E-state index contributed by atoms with van der Waals surface area (Å²) in [5, 5.41) is 11.7. The molecule has 0 heterocycles. The molecule has 6 heteroatoms. The maximum atomic E-state index is 13.6. The summed E-state index contributed by atoms with van der Waals surface area (Å²) in [6.07, 6.45) is 0.296. The van der Waals surface area contributed by atoms with Gasteiger partial charge in [0.15, 0.2) is 0 Å². The number of carbonyl (C=O) groups excluding carboxylic acids is 1. The van der Waals surface area contributed by atoms with Crippen LogP contribution < -0.4 is 11.1 Å². The van der Waals surface area contributed by atoms with Crippen molar-refractivity contribution in [3.63, 3.8) is 0 Å². The Morgan fingerprint density at radius 1 is 1.29 bits per heavy atom. The molecule has 2 aromatic carbocycles. The van der Waals surface area contributed by atoms with Crippen LogP contribution in [-0.2, 0) is 11.2 Å². The van der Waals surface area contributed by atoms with Gasteiger partial charge in [0.25, 0.3) is 0 Å². The number of rotatable bonds is 4. The molecule has 0 fully saturated rings. The summed E-state index contributed by atoms with van der Waals surface area (Å²) >= 11 is 3.14. The van der Waals surface area contributed by atoms with Crippen LogP contribution in [0.25, 0.3) is 0 Å². The molecule has 0 aliphatic heterocycles. The second kappa shape index (κ2) is 6.69. The normalized spacial score (nSPS) is 12.0. The summed E-state index contributed by atoms with van der Waals surface area (Å²) in [5.74, 6) is -0.854. The van der Waals surface area contributed by atoms with Crippen LogP contribution >= 0.6 is 15.9 Å². The summed E-state index contributed by atoms with van der Waals surface area (Å²) in [6.45, 7) is 0. The fourth-order valence-corrected chi connectivity index (χ4v) is 2.13. The minimum Gasteiger partial charge on any atom is -0.508 e. The number of hydrogen-bond acceptors (Lipinski definition) is 3. The predicted molar refractivity (Wildman–Crippen MR) is 82.5 cm³/mol. The first-order chi connectivity index (χ1) is 9.95. The molecule has 1 amide bonds. The number of anilines is 1. The van der Waals surface area contributed by atoms with Crippen molar-refractivity contribution in [2.75, 3.05) is 5.32 Å². The van der Waals surface area contributed by atoms with E-state index in [0.29, 0.717) is 10.9 Å². The molecule has 0 radical (unpaired) electrons. The highest BCUT2D eigenvalue weighted by Crippen LogP contribution is 2.19. The van der Waals surface area contributed by atoms with Gasteiger partial charge in [-0.2, -0.15) is 0 Å². The standard InChI is InChI=1S/C15H14BrFN2O2/c16-10-3-6-14(12(17)8-10)19-15(21)13(18)7-9-1-4-11(20)5-2-9/h1-6,8,13,20H,7,18H2,(H,19,21)/t13-/m0/s1. The molecule has 1 atom stereocenters. The molecule has 2 aromatic rings. The van der Waals surface area contributed by atoms with Gasteiger partial charge < -0.3 is 16.2 Å². The fourth-order valence-electron chi connectivity index (χ4n) is 1.79. The van der Waals surface area contributed by atoms with E-state index in [1.54, 1.807) is 18.2 Å². The first-order valence-corrected chi connectivity index (χ1v) is 7.04. The third-order valence-electron chi connectivity index (χ3n) is 2.92. The largest absolute Gasteiger partial charge is 0.508 e. The van der Waals surface area contributed by atoms with Crippen molar-refractivity contribution in [1.29, 1.82) is 0 Å². The third-order valence-corrected chi connectivity index (χ3v) is 3.41. The molecule has 0 unspecified atom stereocenters. The zero-order valence-electron chi connectivity index (χ0n) is 11.0. The third kappa shape index (κ3) is 4.27. The van der Waals surface area contributed by atoms with Gasteiger partial charge in [-0.3, -0.25) is 4.79 Å². The van der Waals surface area contributed by atoms with Crippen molar-refractivity contribution >= 4 is 27.5 Å². The molecule has 110 valence electrons. The molecule has 0 aliphatic rings. The van der Waals surface area contributed by atoms with Gasteiger partial charge in [-0.25, -0.2) is 4.39 Å². The number of benzene rings is 2. The molecule has 2 rings (SSSR count). The molecule has 0 aliphatic carbocycles. The zero-order chi connectivity index (χ0) is 15.4. The Balaban J connectivity index is 2.00. The Hall–Kier alpha value is -1.92. The number of halogens is 2. The Kier molecular flexibility index (Phi) is 4.93. The molecule has 0 spiro atoms. The molecule has 4 N–H and O–H groups in total. The van der Waals surface area contributed by atoms with Crippen LogP contribution in [-0.4, -0.2) is 17.1 Å². The fraction of sp³-hybridized carbons (Fsp3) is 0.133. The summed E-state index contributed by atoms with van der Waals surface area (Å²) in [7, 11) is 0. The van der Waals surface area contributed by atoms with E-state index in [2.05, 4.69) is 21.2 Å². The number of aromatic hydroxyl groups is 1. The van der Waals surface area contributed by atoms with E-state index in [0.717, 1.165) is 5.56 Å². The predicted octanol–water partition coefficient (Wildman–Crippen LogP) is 2.80. The maximum Gasteiger partial charge on any atom is 0.241 e. The summed E-state index contributed by atoms with van der Waals surface area (Å²) in [6, 6.07) is 9.96. The summed E-state index contributed by atoms with van der Waals surface area (Å²) in [4.78, 5) is 12.0. The molecule has 21 heavy (non-hydrogen) atoms. The lowest BCUT2D eigenvalue weighted by Gasteiger charge is -2.13. The van der Waals surface area contributed by atoms with Crippen molar-refractivity contribution in [1.82, 2.24) is 0 Å². The van der Waals surface area contributed by atoms with Crippen molar-refractivity contribution in [2.45, 2.75) is 12.5 Å². The Morgan fingerprint density at radius 2 is 1.95 bits per heavy atom. The Morgan fingerprint density at radius 3 is 2.57 bits per heavy atom. The van der Waals surface area contributed by atoms with E-state index in [4.69, 9.17) is 5.73 Å². The molecular weight excluding hydrogens is 339 g/mol. The van der Waals surface area contributed by atoms with Gasteiger partial charge in [0, 0.05) is 4.47 Å². The number of amides is 1. The minimum absolute atomic E-state index is 0.0874. The van der Waals surface area contributed by atoms with Crippen LogP contribution in [0, 0.1) is 5.82 Å². The molecule has 4 nitrogen and oxygen atoms in total. The highest BCUT2D eigenvalue weighted by atomic mass is 79.9. The Bertz CT molecular complexity index is 647. The highest BCUT2D eigenvalue weighted by molar-refractivity contribution is 9.10. The topological polar surface area (TPSA) is 75.3 Å². The summed E-state index contributed by atoms with van der Waals surface area (Å²) < 4.78 is 14.2. The summed E-state index contributed by atoms with van der Waals surface area (Å²) in [5.41, 5.74) is 6.71. The molecule has 0 bridgehead atoms. The first-order valence-electron chi connectivity index (χ1n) is 6.25. The number of hydrogen-bond donors (Lipinski definition) is 3. The van der Waals surface area contributed by atoms with E-state index < -0.39 is 17.8 Å². The lowest BCUT2D eigenvalue weighted by Crippen LogP contribution is -2.37. The van der Waals surface area contributed by atoms with Crippen LogP contribution in [0.4, 0.5) is 10.1 Å². The van der Waals surface area contributed by atoms with Crippen LogP contribution in [0.15, 0.2) is 46.9 Å². The van der Waals surface area contributed by atoms with E-state index in [9.17, 15) is 14.3 Å². The van der Waals surface area contributed by atoms with Gasteiger partial charge in [0.2, 0.25) is 5.91 Å². The number of nitrogens with one attached hydrogen (secondary N) is 1. The van der Waals surface area contributed by atoms with Gasteiger partial charge in [0.1, 0.15) is 11.6 Å². The number of phenols is 1. The monoisotopic (exact) mass is 352 g/mol. The van der Waals surface area contributed by atoms with Crippen LogP contribution in [0.1, 0.15) is 5.56 Å². The van der Waals surface area contributed by atoms with Gasteiger partial charge >= 0.3 is 0 Å². The van der Waals surface area contributed by atoms with Crippen molar-refractivity contribution in [3.8, 4) is 5.75 Å². The lowest BCUT2D eigenvalue weighted by molar-refractivity contribution is -0.117. The second-order valence-corrected chi connectivity index (χ2v) is 5.51. The highest BCUT2D eigenvalue weighted by Gasteiger charge is 2.16. The average molecular weight is 353 g/mol. The van der Waals surface area contributed by atoms with E-state index >= 15 is 0 Å². The maximum absolute atomic E-state index is 13.6. The SMILES string of the molecule is N[C@@H](Cc1ccc(O)cc1)C(=O)Nc1ccc(Br)cc1F. The van der Waals surface area contributed by atoms with Gasteiger partial charge in [-0.15, -0.1) is 0 Å². The first kappa shape index (κ1) is 15.5. The Labute approximate surface area is 129 Å². The quantitative estimate of drug-likeness (QED) is 0.791. The van der Waals surface area contributed by atoms with Gasteiger partial charge in [-0.1, -0.05) is 28.1 Å². The zero-order valence-corrected chi connectivity index (χ0v) is 12.6. The molecule has 0 aromatic heterocycles. The average Bonchev–Trinajstić information content (AvgIpc) is 2.44. The molecule has 0 saturated carbocycles. The lowest BCUT2D eigenvalue weighted by atomic mass is 10.1. The van der Waals surface area contributed by atoms with Crippen LogP contribution in [0.5, 0.6) is 5.75 Å². The molecular formula is C15H14BrFN2O2. The smallest absolute Gasteiger partial charge is 0.241 e. The van der Waals surface area contributed by atoms with E-state index in [-0.39, 0.29) is 11.4 Å². The van der Waals surface area contributed by atoms with Crippen LogP contribution in [0.3, 0.4) is 0 Å². The van der Waals surface area contributed by atoms with E-state index in [1.165, 1.54) is 24.3 Å². The van der Waals surface area contributed by atoms with E-state index in [1.807, 2.05) is 0 Å². The number of phenolic OH excluding ortho intramolecular Hbond substituents is 1. The van der Waals surface area contributed by atoms with Crippen molar-refractivity contribution in [2.24, 2.45) is 5.73 Å². The number of nitrogens with two attached hydrogens (primary N) is 1. The minimum atomic E-state index is -0.808. The van der Waals surface area contributed by atoms with Crippen molar-refractivity contribution < 1.29 is 14.3 Å². The van der Waals surface area contributed by atoms with Gasteiger partial charge in [-0.05, 0) is 42.3 Å². The number of carbonyl (C=O) groups is 1. The van der Waals surface area contributed by atoms with Crippen LogP contribution in [0.2, 0.25) is 0 Å². The van der Waals surface area contributed by atoms with Crippen molar-refractivity contribution in [3.05, 3.63) is 58.3 Å². The second-order valence-electron chi connectivity index (χ2n) is 4.59.